The Morgan fingerprint density at radius 3 is 2.69 bits per heavy atom. The highest BCUT2D eigenvalue weighted by molar-refractivity contribution is 6.77. The lowest BCUT2D eigenvalue weighted by Crippen LogP contribution is -2.42. The molecule has 0 aliphatic carbocycles. The van der Waals surface area contributed by atoms with Crippen molar-refractivity contribution in [2.45, 2.75) is 44.1 Å². The van der Waals surface area contributed by atoms with Crippen LogP contribution in [0.15, 0.2) is 18.2 Å². The molecule has 1 aromatic carbocycles. The number of rotatable bonds is 6. The van der Waals surface area contributed by atoms with E-state index < -0.39 is 13.9 Å². The first-order valence-corrected chi connectivity index (χ1v) is 12.5. The topological polar surface area (TPSA) is 63.4 Å². The highest BCUT2D eigenvalue weighted by Crippen LogP contribution is 2.30. The minimum atomic E-state index is -1.05. The van der Waals surface area contributed by atoms with Crippen molar-refractivity contribution < 1.29 is 18.7 Å². The summed E-state index contributed by atoms with van der Waals surface area (Å²) >= 11 is 0. The molecule has 7 heteroatoms. The SMILES string of the molecule is COCCOc1cc(F)cc2[nH]c(C(=O)NC3CC[Si](C)(C)CC3)cc12. The second-order valence-corrected chi connectivity index (χ2v) is 13.1. The van der Waals surface area contributed by atoms with Crippen LogP contribution in [0.3, 0.4) is 0 Å². The van der Waals surface area contributed by atoms with Crippen molar-refractivity contribution in [2.75, 3.05) is 20.3 Å². The van der Waals surface area contributed by atoms with Crippen molar-refractivity contribution >= 4 is 24.9 Å². The summed E-state index contributed by atoms with van der Waals surface area (Å²) in [5.41, 5.74) is 0.990. The predicted octanol–water partition coefficient (Wildman–Crippen LogP) is 3.93. The summed E-state index contributed by atoms with van der Waals surface area (Å²) in [7, 11) is 0.535. The number of carbonyl (C=O) groups is 1. The Labute approximate surface area is 154 Å². The molecule has 2 aromatic rings. The van der Waals surface area contributed by atoms with Crippen LogP contribution >= 0.6 is 0 Å². The van der Waals surface area contributed by atoms with Gasteiger partial charge >= 0.3 is 0 Å². The number of methoxy groups -OCH3 is 1. The van der Waals surface area contributed by atoms with Gasteiger partial charge in [0, 0.05) is 32.7 Å². The van der Waals surface area contributed by atoms with Gasteiger partial charge < -0.3 is 19.8 Å². The summed E-state index contributed by atoms with van der Waals surface area (Å²) in [5, 5.41) is 3.82. The normalized spacial score (nSPS) is 17.4. The standard InChI is InChI=1S/C19H27FN2O3Si/c1-24-6-7-25-18-11-13(20)10-16-15(18)12-17(22-16)19(23)21-14-4-8-26(2,3)9-5-14/h10-12,14,22H,4-9H2,1-3H3,(H,21,23). The summed E-state index contributed by atoms with van der Waals surface area (Å²) in [6.45, 7) is 5.55. The van der Waals surface area contributed by atoms with E-state index in [0.717, 1.165) is 12.8 Å². The van der Waals surface area contributed by atoms with Gasteiger partial charge in [-0.2, -0.15) is 0 Å². The molecule has 1 aliphatic heterocycles. The number of H-pyrrole nitrogens is 1. The van der Waals surface area contributed by atoms with E-state index in [1.54, 1.807) is 13.2 Å². The minimum absolute atomic E-state index is 0.143. The first kappa shape index (κ1) is 18.9. The third kappa shape index (κ3) is 4.45. The number of aromatic amines is 1. The van der Waals surface area contributed by atoms with E-state index in [9.17, 15) is 9.18 Å². The maximum atomic E-state index is 13.8. The van der Waals surface area contributed by atoms with Gasteiger partial charge in [0.25, 0.3) is 5.91 Å². The zero-order valence-corrected chi connectivity index (χ0v) is 16.7. The molecule has 26 heavy (non-hydrogen) atoms. The molecule has 1 aromatic heterocycles. The van der Waals surface area contributed by atoms with E-state index >= 15 is 0 Å². The van der Waals surface area contributed by atoms with Crippen LogP contribution < -0.4 is 10.1 Å². The predicted molar refractivity (Wildman–Crippen MR) is 103 cm³/mol. The molecule has 2 heterocycles. The molecular formula is C19H27FN2O3Si. The Morgan fingerprint density at radius 2 is 2.00 bits per heavy atom. The first-order valence-electron chi connectivity index (χ1n) is 9.13. The Hall–Kier alpha value is -1.86. The number of ether oxygens (including phenoxy) is 2. The van der Waals surface area contributed by atoms with E-state index in [-0.39, 0.29) is 11.9 Å². The van der Waals surface area contributed by atoms with Crippen LogP contribution in [0.5, 0.6) is 5.75 Å². The number of hydrogen-bond donors (Lipinski definition) is 2. The fourth-order valence-corrected chi connectivity index (χ4v) is 5.96. The second kappa shape index (κ2) is 7.80. The van der Waals surface area contributed by atoms with Crippen LogP contribution in [0.2, 0.25) is 25.2 Å². The molecule has 1 aliphatic rings. The van der Waals surface area contributed by atoms with Gasteiger partial charge in [0.2, 0.25) is 0 Å². The molecule has 0 atom stereocenters. The Morgan fingerprint density at radius 1 is 1.27 bits per heavy atom. The molecule has 2 N–H and O–H groups in total. The number of hydrogen-bond acceptors (Lipinski definition) is 3. The summed E-state index contributed by atoms with van der Waals surface area (Å²) in [4.78, 5) is 15.6. The third-order valence-corrected chi connectivity index (χ3v) is 8.41. The molecule has 0 saturated carbocycles. The van der Waals surface area contributed by atoms with Crippen molar-refractivity contribution in [1.82, 2.24) is 10.3 Å². The van der Waals surface area contributed by atoms with Crippen molar-refractivity contribution in [3.63, 3.8) is 0 Å². The molecule has 0 spiro atoms. The lowest BCUT2D eigenvalue weighted by atomic mass is 10.1. The number of carbonyl (C=O) groups excluding carboxylic acids is 1. The first-order chi connectivity index (χ1) is 12.4. The zero-order valence-electron chi connectivity index (χ0n) is 15.7. The maximum Gasteiger partial charge on any atom is 0.267 e. The fourth-order valence-electron chi connectivity index (χ4n) is 3.45. The summed E-state index contributed by atoms with van der Waals surface area (Å²) in [6.07, 6.45) is 2.09. The van der Waals surface area contributed by atoms with Gasteiger partial charge in [0.1, 0.15) is 23.9 Å². The van der Waals surface area contributed by atoms with Gasteiger partial charge in [-0.05, 0) is 25.0 Å². The molecule has 1 fully saturated rings. The number of halogens is 1. The second-order valence-electron chi connectivity index (χ2n) is 7.80. The van der Waals surface area contributed by atoms with Gasteiger partial charge in [-0.3, -0.25) is 4.79 Å². The van der Waals surface area contributed by atoms with Crippen LogP contribution in [0.4, 0.5) is 4.39 Å². The maximum absolute atomic E-state index is 13.8. The lowest BCUT2D eigenvalue weighted by molar-refractivity contribution is 0.0929. The fraction of sp³-hybridized carbons (Fsp3) is 0.526. The van der Waals surface area contributed by atoms with Gasteiger partial charge in [-0.25, -0.2) is 4.39 Å². The Balaban J connectivity index is 1.73. The molecule has 1 amide bonds. The average Bonchev–Trinajstić information content (AvgIpc) is 3.01. The molecule has 0 radical (unpaired) electrons. The van der Waals surface area contributed by atoms with Gasteiger partial charge in [0.05, 0.1) is 12.1 Å². The van der Waals surface area contributed by atoms with Crippen LogP contribution in [0.1, 0.15) is 23.3 Å². The molecular weight excluding hydrogens is 351 g/mol. The molecule has 0 bridgehead atoms. The van der Waals surface area contributed by atoms with Crippen LogP contribution in [-0.4, -0.2) is 45.3 Å². The van der Waals surface area contributed by atoms with Crippen LogP contribution in [0.25, 0.3) is 10.9 Å². The zero-order chi connectivity index (χ0) is 18.7. The minimum Gasteiger partial charge on any atom is -0.490 e. The summed E-state index contributed by atoms with van der Waals surface area (Å²) in [6, 6.07) is 7.16. The van der Waals surface area contributed by atoms with Crippen molar-refractivity contribution in [3.8, 4) is 5.75 Å². The molecule has 142 valence electrons. The van der Waals surface area contributed by atoms with Crippen molar-refractivity contribution in [2.24, 2.45) is 0 Å². The highest BCUT2D eigenvalue weighted by Gasteiger charge is 2.29. The number of amides is 1. The summed E-state index contributed by atoms with van der Waals surface area (Å²) in [5.74, 6) is -0.133. The van der Waals surface area contributed by atoms with E-state index in [2.05, 4.69) is 23.4 Å². The molecule has 3 rings (SSSR count). The average molecular weight is 379 g/mol. The van der Waals surface area contributed by atoms with Gasteiger partial charge in [0.15, 0.2) is 0 Å². The molecule has 1 saturated heterocycles. The van der Waals surface area contributed by atoms with Gasteiger partial charge in [-0.1, -0.05) is 25.2 Å². The van der Waals surface area contributed by atoms with Crippen LogP contribution in [-0.2, 0) is 4.74 Å². The molecule has 0 unspecified atom stereocenters. The quantitative estimate of drug-likeness (QED) is 0.591. The number of nitrogens with one attached hydrogen (secondary N) is 2. The van der Waals surface area contributed by atoms with Crippen LogP contribution in [0, 0.1) is 5.82 Å². The summed E-state index contributed by atoms with van der Waals surface area (Å²) < 4.78 is 24.4. The Bertz CT molecular complexity index is 780. The smallest absolute Gasteiger partial charge is 0.267 e. The Kier molecular flexibility index (Phi) is 5.67. The number of fused-ring (bicyclic) bond motifs is 1. The van der Waals surface area contributed by atoms with E-state index in [0.29, 0.717) is 35.6 Å². The lowest BCUT2D eigenvalue weighted by Gasteiger charge is -2.33. The van der Waals surface area contributed by atoms with E-state index in [1.807, 2.05) is 0 Å². The number of aromatic nitrogens is 1. The third-order valence-electron chi connectivity index (χ3n) is 5.13. The van der Waals surface area contributed by atoms with Gasteiger partial charge in [-0.15, -0.1) is 0 Å². The number of benzene rings is 1. The largest absolute Gasteiger partial charge is 0.490 e. The molecule has 5 nitrogen and oxygen atoms in total. The monoisotopic (exact) mass is 378 g/mol. The van der Waals surface area contributed by atoms with Crippen molar-refractivity contribution in [1.29, 1.82) is 0 Å². The van der Waals surface area contributed by atoms with E-state index in [1.165, 1.54) is 24.2 Å². The highest BCUT2D eigenvalue weighted by atomic mass is 28.3. The van der Waals surface area contributed by atoms with Crippen molar-refractivity contribution in [3.05, 3.63) is 29.7 Å². The van der Waals surface area contributed by atoms with E-state index in [4.69, 9.17) is 9.47 Å².